The number of rotatable bonds is 12. The van der Waals surface area contributed by atoms with Gasteiger partial charge in [0, 0.05) is 38.1 Å². The minimum Gasteiger partial charge on any atom is -0.467 e. The van der Waals surface area contributed by atoms with Gasteiger partial charge >= 0.3 is 5.97 Å². The van der Waals surface area contributed by atoms with Crippen LogP contribution in [0.15, 0.2) is 73.2 Å². The topological polar surface area (TPSA) is 142 Å². The summed E-state index contributed by atoms with van der Waals surface area (Å²) in [5, 5.41) is 8.14. The molecule has 10 heteroatoms. The SMILES string of the molecule is COC(=O)[C@H](Cc1cnc[nH]1)NC(=O)C(Cc1ccccc1)NC(=O)[C@H](Cc1ccccc1)NC(C)=O. The van der Waals surface area contributed by atoms with Gasteiger partial charge in [-0.15, -0.1) is 0 Å². The summed E-state index contributed by atoms with van der Waals surface area (Å²) in [5.41, 5.74) is 2.30. The van der Waals surface area contributed by atoms with E-state index in [1.165, 1.54) is 20.4 Å². The molecule has 3 rings (SSSR count). The zero-order valence-electron chi connectivity index (χ0n) is 20.8. The molecule has 0 radical (unpaired) electrons. The molecule has 0 aliphatic rings. The van der Waals surface area contributed by atoms with Crippen molar-refractivity contribution < 1.29 is 23.9 Å². The van der Waals surface area contributed by atoms with Crippen molar-refractivity contribution in [2.45, 2.75) is 44.3 Å². The van der Waals surface area contributed by atoms with Crippen LogP contribution in [-0.4, -0.2) is 58.9 Å². The largest absolute Gasteiger partial charge is 0.467 e. The van der Waals surface area contributed by atoms with E-state index in [-0.39, 0.29) is 25.2 Å². The van der Waals surface area contributed by atoms with E-state index in [2.05, 4.69) is 25.9 Å². The smallest absolute Gasteiger partial charge is 0.328 e. The minimum absolute atomic E-state index is 0.132. The molecule has 3 amide bonds. The number of H-pyrrole nitrogens is 1. The Balaban J connectivity index is 1.80. The standard InChI is InChI=1S/C27H31N5O5/c1-18(33)30-22(13-19-9-5-3-6-10-19)25(34)31-23(14-20-11-7-4-8-12-20)26(35)32-24(27(36)37-2)15-21-16-28-17-29-21/h3-12,16-17,22-24H,13-15H2,1-2H3,(H,28,29)(H,30,33)(H,31,34)(H,32,35)/t22-,23?,24-/m0/s1. The van der Waals surface area contributed by atoms with E-state index in [0.29, 0.717) is 5.69 Å². The fourth-order valence-electron chi connectivity index (χ4n) is 3.86. The first-order valence-corrected chi connectivity index (χ1v) is 11.9. The quantitative estimate of drug-likeness (QED) is 0.272. The Morgan fingerprint density at radius 1 is 0.784 bits per heavy atom. The van der Waals surface area contributed by atoms with Gasteiger partial charge in [0.2, 0.25) is 17.7 Å². The zero-order valence-corrected chi connectivity index (χ0v) is 20.8. The number of carbonyl (C=O) groups excluding carboxylic acids is 4. The molecular weight excluding hydrogens is 474 g/mol. The van der Waals surface area contributed by atoms with E-state index in [9.17, 15) is 19.2 Å². The second-order valence-corrected chi connectivity index (χ2v) is 8.56. The molecular formula is C27H31N5O5. The molecule has 0 aliphatic heterocycles. The van der Waals surface area contributed by atoms with Gasteiger partial charge in [-0.25, -0.2) is 9.78 Å². The summed E-state index contributed by atoms with van der Waals surface area (Å²) in [6.07, 6.45) is 3.57. The number of hydrogen-bond acceptors (Lipinski definition) is 6. The highest BCUT2D eigenvalue weighted by atomic mass is 16.5. The number of benzene rings is 2. The molecule has 2 aromatic carbocycles. The fraction of sp³-hybridized carbons (Fsp3) is 0.296. The van der Waals surface area contributed by atoms with Crippen LogP contribution < -0.4 is 16.0 Å². The summed E-state index contributed by atoms with van der Waals surface area (Å²) in [4.78, 5) is 57.8. The number of amides is 3. The van der Waals surface area contributed by atoms with Gasteiger partial charge in [-0.3, -0.25) is 14.4 Å². The number of aromatic nitrogens is 2. The highest BCUT2D eigenvalue weighted by Crippen LogP contribution is 2.08. The molecule has 4 N–H and O–H groups in total. The maximum absolute atomic E-state index is 13.4. The number of nitrogens with zero attached hydrogens (tertiary/aromatic N) is 1. The van der Waals surface area contributed by atoms with E-state index in [1.54, 1.807) is 6.20 Å². The van der Waals surface area contributed by atoms with Crippen molar-refractivity contribution in [3.05, 3.63) is 90.0 Å². The Hall–Kier alpha value is -4.47. The lowest BCUT2D eigenvalue weighted by Crippen LogP contribution is -2.57. The summed E-state index contributed by atoms with van der Waals surface area (Å²) >= 11 is 0. The Morgan fingerprint density at radius 2 is 1.30 bits per heavy atom. The maximum Gasteiger partial charge on any atom is 0.328 e. The lowest BCUT2D eigenvalue weighted by Gasteiger charge is -2.25. The first-order valence-electron chi connectivity index (χ1n) is 11.9. The number of carbonyl (C=O) groups is 4. The van der Waals surface area contributed by atoms with Crippen LogP contribution in [0.5, 0.6) is 0 Å². The lowest BCUT2D eigenvalue weighted by molar-refractivity contribution is -0.145. The van der Waals surface area contributed by atoms with Crippen LogP contribution in [0.25, 0.3) is 0 Å². The van der Waals surface area contributed by atoms with Gasteiger partial charge < -0.3 is 25.7 Å². The number of esters is 1. The third-order valence-corrected chi connectivity index (χ3v) is 5.67. The molecule has 3 atom stereocenters. The van der Waals surface area contributed by atoms with E-state index in [1.807, 2.05) is 60.7 Å². The highest BCUT2D eigenvalue weighted by molar-refractivity contribution is 5.93. The molecule has 37 heavy (non-hydrogen) atoms. The molecule has 0 aliphatic carbocycles. The fourth-order valence-corrected chi connectivity index (χ4v) is 3.86. The average molecular weight is 506 g/mol. The highest BCUT2D eigenvalue weighted by Gasteiger charge is 2.30. The second-order valence-electron chi connectivity index (χ2n) is 8.56. The summed E-state index contributed by atoms with van der Waals surface area (Å²) in [6, 6.07) is 15.5. The van der Waals surface area contributed by atoms with Crippen LogP contribution in [0.2, 0.25) is 0 Å². The van der Waals surface area contributed by atoms with Gasteiger partial charge in [-0.1, -0.05) is 60.7 Å². The Labute approximate surface area is 215 Å². The van der Waals surface area contributed by atoms with Crippen LogP contribution in [-0.2, 0) is 43.2 Å². The molecule has 3 aromatic rings. The Bertz CT molecular complexity index is 1170. The Kier molecular flexibility index (Phi) is 9.95. The molecule has 1 aromatic heterocycles. The molecule has 0 bridgehead atoms. The lowest BCUT2D eigenvalue weighted by atomic mass is 10.0. The van der Waals surface area contributed by atoms with Gasteiger partial charge in [0.15, 0.2) is 0 Å². The van der Waals surface area contributed by atoms with Crippen molar-refractivity contribution in [2.24, 2.45) is 0 Å². The maximum atomic E-state index is 13.4. The second kappa shape index (κ2) is 13.6. The number of ether oxygens (including phenoxy) is 1. The number of aromatic amines is 1. The van der Waals surface area contributed by atoms with Crippen LogP contribution in [0, 0.1) is 0 Å². The van der Waals surface area contributed by atoms with Crippen molar-refractivity contribution >= 4 is 23.7 Å². The normalized spacial score (nSPS) is 13.0. The van der Waals surface area contributed by atoms with Crippen LogP contribution in [0.3, 0.4) is 0 Å². The molecule has 1 heterocycles. The number of imidazole rings is 1. The van der Waals surface area contributed by atoms with E-state index >= 15 is 0 Å². The monoisotopic (exact) mass is 505 g/mol. The van der Waals surface area contributed by atoms with Gasteiger partial charge in [0.25, 0.3) is 0 Å². The van der Waals surface area contributed by atoms with Crippen LogP contribution >= 0.6 is 0 Å². The molecule has 10 nitrogen and oxygen atoms in total. The molecule has 1 unspecified atom stereocenters. The van der Waals surface area contributed by atoms with Gasteiger partial charge in [0.05, 0.1) is 13.4 Å². The summed E-state index contributed by atoms with van der Waals surface area (Å²) in [5.74, 6) is -2.08. The molecule has 0 saturated heterocycles. The van der Waals surface area contributed by atoms with Crippen LogP contribution in [0.1, 0.15) is 23.7 Å². The predicted molar refractivity (Wildman–Crippen MR) is 136 cm³/mol. The molecule has 0 saturated carbocycles. The minimum atomic E-state index is -1.02. The number of methoxy groups -OCH3 is 1. The van der Waals surface area contributed by atoms with Gasteiger partial charge in [0.1, 0.15) is 18.1 Å². The van der Waals surface area contributed by atoms with Crippen molar-refractivity contribution in [1.82, 2.24) is 25.9 Å². The number of nitrogens with one attached hydrogen (secondary N) is 4. The number of hydrogen-bond donors (Lipinski definition) is 4. The Morgan fingerprint density at radius 3 is 1.76 bits per heavy atom. The van der Waals surface area contributed by atoms with Crippen molar-refractivity contribution in [3.8, 4) is 0 Å². The van der Waals surface area contributed by atoms with Crippen molar-refractivity contribution in [2.75, 3.05) is 7.11 Å². The first kappa shape index (κ1) is 27.1. The summed E-state index contributed by atoms with van der Waals surface area (Å²) in [7, 11) is 1.24. The van der Waals surface area contributed by atoms with Crippen LogP contribution in [0.4, 0.5) is 0 Å². The van der Waals surface area contributed by atoms with E-state index < -0.39 is 35.9 Å². The third-order valence-electron chi connectivity index (χ3n) is 5.67. The molecule has 194 valence electrons. The predicted octanol–water partition coefficient (Wildman–Crippen LogP) is 1.08. The molecule has 0 spiro atoms. The zero-order chi connectivity index (χ0) is 26.6. The van der Waals surface area contributed by atoms with Crippen molar-refractivity contribution in [1.29, 1.82) is 0 Å². The van der Waals surface area contributed by atoms with E-state index in [0.717, 1.165) is 11.1 Å². The summed E-state index contributed by atoms with van der Waals surface area (Å²) in [6.45, 7) is 1.33. The summed E-state index contributed by atoms with van der Waals surface area (Å²) < 4.78 is 4.87. The van der Waals surface area contributed by atoms with Crippen molar-refractivity contribution in [3.63, 3.8) is 0 Å². The van der Waals surface area contributed by atoms with Gasteiger partial charge in [-0.2, -0.15) is 0 Å². The van der Waals surface area contributed by atoms with Gasteiger partial charge in [-0.05, 0) is 11.1 Å². The molecule has 0 fully saturated rings. The average Bonchev–Trinajstić information content (AvgIpc) is 3.41. The third kappa shape index (κ3) is 8.60. The first-order chi connectivity index (χ1) is 17.9. The van der Waals surface area contributed by atoms with E-state index in [4.69, 9.17) is 4.74 Å².